The second-order valence-electron chi connectivity index (χ2n) is 4.62. The zero-order valence-corrected chi connectivity index (χ0v) is 10.6. The highest BCUT2D eigenvalue weighted by atomic mass is 79.9. The van der Waals surface area contributed by atoms with E-state index in [-0.39, 0.29) is 0 Å². The van der Waals surface area contributed by atoms with Gasteiger partial charge in [-0.3, -0.25) is 0 Å². The molecule has 0 N–H and O–H groups in total. The van der Waals surface area contributed by atoms with Crippen LogP contribution in [0.25, 0.3) is 0 Å². The van der Waals surface area contributed by atoms with E-state index in [4.69, 9.17) is 4.74 Å². The molecule has 0 aliphatic carbocycles. The van der Waals surface area contributed by atoms with Gasteiger partial charge in [-0.05, 0) is 30.0 Å². The molecule has 1 aromatic carbocycles. The zero-order chi connectivity index (χ0) is 10.6. The van der Waals surface area contributed by atoms with Crippen LogP contribution in [-0.4, -0.2) is 6.61 Å². The zero-order valence-electron chi connectivity index (χ0n) is 9.01. The third kappa shape index (κ3) is 4.66. The van der Waals surface area contributed by atoms with Crippen molar-refractivity contribution >= 4 is 15.9 Å². The van der Waals surface area contributed by atoms with Crippen LogP contribution in [0, 0.1) is 5.41 Å². The maximum Gasteiger partial charge on any atom is 0.120 e. The van der Waals surface area contributed by atoms with E-state index in [1.807, 2.05) is 24.3 Å². The molecule has 0 bridgehead atoms. The van der Waals surface area contributed by atoms with Gasteiger partial charge in [-0.25, -0.2) is 0 Å². The van der Waals surface area contributed by atoms with Gasteiger partial charge in [0.05, 0.1) is 6.61 Å². The largest absolute Gasteiger partial charge is 0.494 e. The number of rotatable bonds is 3. The smallest absolute Gasteiger partial charge is 0.120 e. The summed E-state index contributed by atoms with van der Waals surface area (Å²) >= 11 is 3.41. The molecule has 0 saturated heterocycles. The van der Waals surface area contributed by atoms with Crippen molar-refractivity contribution < 1.29 is 4.74 Å². The van der Waals surface area contributed by atoms with Crippen LogP contribution in [0.4, 0.5) is 0 Å². The molecular weight excluding hydrogens is 240 g/mol. The Labute approximate surface area is 94.6 Å². The van der Waals surface area contributed by atoms with E-state index in [0.717, 1.165) is 23.2 Å². The maximum atomic E-state index is 5.63. The van der Waals surface area contributed by atoms with Crippen LogP contribution in [0.1, 0.15) is 27.2 Å². The molecule has 0 saturated carbocycles. The average Bonchev–Trinajstić information content (AvgIpc) is 2.01. The SMILES string of the molecule is CC(C)(C)CCOc1cccc(Br)c1. The lowest BCUT2D eigenvalue weighted by Crippen LogP contribution is -2.10. The predicted octanol–water partition coefficient (Wildman–Crippen LogP) is 4.26. The molecule has 0 atom stereocenters. The Morgan fingerprint density at radius 3 is 2.57 bits per heavy atom. The predicted molar refractivity (Wildman–Crippen MR) is 63.7 cm³/mol. The van der Waals surface area contributed by atoms with Crippen molar-refractivity contribution in [2.24, 2.45) is 5.41 Å². The van der Waals surface area contributed by atoms with Crippen LogP contribution >= 0.6 is 15.9 Å². The molecule has 1 aromatic rings. The van der Waals surface area contributed by atoms with Crippen LogP contribution in [0.5, 0.6) is 5.75 Å². The topological polar surface area (TPSA) is 9.23 Å². The summed E-state index contributed by atoms with van der Waals surface area (Å²) < 4.78 is 6.69. The van der Waals surface area contributed by atoms with Crippen LogP contribution in [0.3, 0.4) is 0 Å². The summed E-state index contributed by atoms with van der Waals surface area (Å²) in [7, 11) is 0. The van der Waals surface area contributed by atoms with Crippen LogP contribution < -0.4 is 4.74 Å². The van der Waals surface area contributed by atoms with Crippen molar-refractivity contribution in [2.75, 3.05) is 6.61 Å². The Balaban J connectivity index is 2.39. The van der Waals surface area contributed by atoms with Gasteiger partial charge in [0.1, 0.15) is 5.75 Å². The summed E-state index contributed by atoms with van der Waals surface area (Å²) in [6.07, 6.45) is 1.07. The third-order valence-electron chi connectivity index (χ3n) is 1.92. The van der Waals surface area contributed by atoms with E-state index in [0.29, 0.717) is 5.41 Å². The molecule has 1 rings (SSSR count). The fraction of sp³-hybridized carbons (Fsp3) is 0.500. The fourth-order valence-electron chi connectivity index (χ4n) is 1.03. The van der Waals surface area contributed by atoms with Crippen molar-refractivity contribution in [2.45, 2.75) is 27.2 Å². The molecule has 78 valence electrons. The molecule has 0 spiro atoms. The molecule has 0 aliphatic rings. The monoisotopic (exact) mass is 256 g/mol. The number of halogens is 1. The number of benzene rings is 1. The highest BCUT2D eigenvalue weighted by molar-refractivity contribution is 9.10. The first-order valence-electron chi connectivity index (χ1n) is 4.86. The second-order valence-corrected chi connectivity index (χ2v) is 5.53. The van der Waals surface area contributed by atoms with Gasteiger partial charge in [-0.1, -0.05) is 42.8 Å². The van der Waals surface area contributed by atoms with Crippen molar-refractivity contribution in [3.05, 3.63) is 28.7 Å². The van der Waals surface area contributed by atoms with Crippen molar-refractivity contribution in [3.8, 4) is 5.75 Å². The molecule has 0 aromatic heterocycles. The molecule has 14 heavy (non-hydrogen) atoms. The van der Waals surface area contributed by atoms with Gasteiger partial charge in [0.2, 0.25) is 0 Å². The highest BCUT2D eigenvalue weighted by Gasteiger charge is 2.09. The molecule has 0 aliphatic heterocycles. The molecule has 0 radical (unpaired) electrons. The van der Waals surface area contributed by atoms with Crippen LogP contribution in [0.15, 0.2) is 28.7 Å². The van der Waals surface area contributed by atoms with E-state index in [1.54, 1.807) is 0 Å². The average molecular weight is 257 g/mol. The third-order valence-corrected chi connectivity index (χ3v) is 2.41. The van der Waals surface area contributed by atoms with Gasteiger partial charge in [-0.15, -0.1) is 0 Å². The van der Waals surface area contributed by atoms with E-state index < -0.39 is 0 Å². The van der Waals surface area contributed by atoms with E-state index >= 15 is 0 Å². The van der Waals surface area contributed by atoms with Crippen LogP contribution in [-0.2, 0) is 0 Å². The van der Waals surface area contributed by atoms with Gasteiger partial charge >= 0.3 is 0 Å². The fourth-order valence-corrected chi connectivity index (χ4v) is 1.41. The lowest BCUT2D eigenvalue weighted by Gasteiger charge is -2.18. The van der Waals surface area contributed by atoms with Gasteiger partial charge < -0.3 is 4.74 Å². The summed E-state index contributed by atoms with van der Waals surface area (Å²) in [6, 6.07) is 7.95. The van der Waals surface area contributed by atoms with E-state index in [2.05, 4.69) is 36.7 Å². The molecular formula is C12H17BrO. The quantitative estimate of drug-likeness (QED) is 0.785. The van der Waals surface area contributed by atoms with Crippen LogP contribution in [0.2, 0.25) is 0 Å². The van der Waals surface area contributed by atoms with E-state index in [9.17, 15) is 0 Å². The number of hydrogen-bond donors (Lipinski definition) is 0. The summed E-state index contributed by atoms with van der Waals surface area (Å²) in [4.78, 5) is 0. The Morgan fingerprint density at radius 2 is 2.00 bits per heavy atom. The minimum Gasteiger partial charge on any atom is -0.494 e. The number of hydrogen-bond acceptors (Lipinski definition) is 1. The summed E-state index contributed by atoms with van der Waals surface area (Å²) in [5.41, 5.74) is 0.339. The van der Waals surface area contributed by atoms with Crippen molar-refractivity contribution in [1.29, 1.82) is 0 Å². The first kappa shape index (κ1) is 11.6. The van der Waals surface area contributed by atoms with Crippen molar-refractivity contribution in [1.82, 2.24) is 0 Å². The first-order chi connectivity index (χ1) is 6.47. The normalized spacial score (nSPS) is 11.4. The minimum absolute atomic E-state index is 0.339. The molecule has 0 fully saturated rings. The highest BCUT2D eigenvalue weighted by Crippen LogP contribution is 2.21. The van der Waals surface area contributed by atoms with Gasteiger partial charge in [-0.2, -0.15) is 0 Å². The lowest BCUT2D eigenvalue weighted by atomic mass is 9.93. The summed E-state index contributed by atoms with van der Waals surface area (Å²) in [5, 5.41) is 0. The lowest BCUT2D eigenvalue weighted by molar-refractivity contribution is 0.243. The Kier molecular flexibility index (Phi) is 3.99. The second kappa shape index (κ2) is 4.83. The van der Waals surface area contributed by atoms with Gasteiger partial charge in [0.15, 0.2) is 0 Å². The summed E-state index contributed by atoms with van der Waals surface area (Å²) in [5.74, 6) is 0.934. The number of ether oxygens (including phenoxy) is 1. The molecule has 0 amide bonds. The minimum atomic E-state index is 0.339. The first-order valence-corrected chi connectivity index (χ1v) is 5.65. The van der Waals surface area contributed by atoms with Gasteiger partial charge in [0, 0.05) is 4.47 Å². The van der Waals surface area contributed by atoms with E-state index in [1.165, 1.54) is 0 Å². The molecule has 2 heteroatoms. The van der Waals surface area contributed by atoms with Gasteiger partial charge in [0.25, 0.3) is 0 Å². The maximum absolute atomic E-state index is 5.63. The Bertz CT molecular complexity index is 289. The molecule has 1 nitrogen and oxygen atoms in total. The Hall–Kier alpha value is -0.500. The standard InChI is InChI=1S/C12H17BrO/c1-12(2,3)7-8-14-11-6-4-5-10(13)9-11/h4-6,9H,7-8H2,1-3H3. The summed E-state index contributed by atoms with van der Waals surface area (Å²) in [6.45, 7) is 7.44. The molecule has 0 unspecified atom stereocenters. The van der Waals surface area contributed by atoms with Crippen molar-refractivity contribution in [3.63, 3.8) is 0 Å². The molecule has 0 heterocycles. The Morgan fingerprint density at radius 1 is 1.29 bits per heavy atom.